The van der Waals surface area contributed by atoms with Gasteiger partial charge < -0.3 is 9.47 Å². The topological polar surface area (TPSA) is 69.7 Å². The van der Waals surface area contributed by atoms with Gasteiger partial charge in [0.15, 0.2) is 5.78 Å². The number of hydrogen-bond acceptors (Lipinski definition) is 5. The zero-order valence-corrected chi connectivity index (χ0v) is 22.7. The van der Waals surface area contributed by atoms with Crippen LogP contribution in [-0.4, -0.2) is 30.9 Å². The van der Waals surface area contributed by atoms with E-state index in [4.69, 9.17) is 9.47 Å². The molecule has 0 bridgehead atoms. The molecule has 5 heteroatoms. The van der Waals surface area contributed by atoms with Crippen LogP contribution in [0, 0.1) is 46.3 Å². The molecule has 0 aromatic rings. The largest absolute Gasteiger partial charge is 0.469 e. The zero-order valence-electron chi connectivity index (χ0n) is 22.7. The molecule has 9 atom stereocenters. The van der Waals surface area contributed by atoms with E-state index in [1.165, 1.54) is 13.5 Å². The van der Waals surface area contributed by atoms with Crippen molar-refractivity contribution in [2.24, 2.45) is 46.3 Å². The Labute approximate surface area is 211 Å². The van der Waals surface area contributed by atoms with Gasteiger partial charge in [0.05, 0.1) is 7.11 Å². The summed E-state index contributed by atoms with van der Waals surface area (Å²) in [6, 6.07) is 0. The van der Waals surface area contributed by atoms with Crippen molar-refractivity contribution in [1.82, 2.24) is 0 Å². The summed E-state index contributed by atoms with van der Waals surface area (Å²) in [6.45, 7) is 11.0. The number of Topliss-reactive ketones (excluding diaryl/α,β-unsaturated/α-hetero) is 1. The van der Waals surface area contributed by atoms with Crippen LogP contribution in [0.3, 0.4) is 0 Å². The molecule has 0 radical (unpaired) electrons. The normalized spacial score (nSPS) is 42.6. The summed E-state index contributed by atoms with van der Waals surface area (Å²) in [6.07, 6.45) is 11.0. The van der Waals surface area contributed by atoms with Crippen LogP contribution in [-0.2, 0) is 23.9 Å². The molecular weight excluding hydrogens is 440 g/mol. The van der Waals surface area contributed by atoms with Crippen molar-refractivity contribution >= 4 is 17.7 Å². The molecule has 5 nitrogen and oxygen atoms in total. The molecule has 0 amide bonds. The van der Waals surface area contributed by atoms with Gasteiger partial charge in [-0.25, -0.2) is 0 Å². The quantitative estimate of drug-likeness (QED) is 0.326. The summed E-state index contributed by atoms with van der Waals surface area (Å²) in [5, 5.41) is 0. The second-order valence-corrected chi connectivity index (χ2v) is 12.5. The van der Waals surface area contributed by atoms with E-state index >= 15 is 0 Å². The van der Waals surface area contributed by atoms with Crippen molar-refractivity contribution in [3.63, 3.8) is 0 Å². The lowest BCUT2D eigenvalue weighted by Crippen LogP contribution is -2.58. The maximum absolute atomic E-state index is 14.2. The van der Waals surface area contributed by atoms with Gasteiger partial charge in [0.25, 0.3) is 0 Å². The Morgan fingerprint density at radius 3 is 2.40 bits per heavy atom. The molecule has 4 fully saturated rings. The second kappa shape index (κ2) is 10.0. The summed E-state index contributed by atoms with van der Waals surface area (Å²) >= 11 is 0. The van der Waals surface area contributed by atoms with Crippen LogP contribution < -0.4 is 0 Å². The van der Waals surface area contributed by atoms with Gasteiger partial charge in [0, 0.05) is 18.8 Å². The van der Waals surface area contributed by atoms with E-state index in [0.29, 0.717) is 42.3 Å². The lowest BCUT2D eigenvalue weighted by molar-refractivity contribution is -0.161. The number of allylic oxidation sites excluding steroid dienone is 2. The number of ketones is 1. The molecule has 0 aromatic heterocycles. The molecule has 4 aliphatic rings. The van der Waals surface area contributed by atoms with Crippen LogP contribution in [0.15, 0.2) is 11.6 Å². The highest BCUT2D eigenvalue weighted by atomic mass is 16.5. The van der Waals surface area contributed by atoms with Gasteiger partial charge in [-0.1, -0.05) is 33.8 Å². The summed E-state index contributed by atoms with van der Waals surface area (Å²) in [4.78, 5) is 37.9. The predicted molar refractivity (Wildman–Crippen MR) is 135 cm³/mol. The lowest BCUT2D eigenvalue weighted by atomic mass is 9.43. The summed E-state index contributed by atoms with van der Waals surface area (Å²) in [7, 11) is 1.46. The molecule has 7 unspecified atom stereocenters. The van der Waals surface area contributed by atoms with Crippen LogP contribution in [0.4, 0.5) is 0 Å². The predicted octanol–water partition coefficient (Wildman–Crippen LogP) is 6.29. The molecule has 0 spiro atoms. The van der Waals surface area contributed by atoms with E-state index in [2.05, 4.69) is 26.8 Å². The van der Waals surface area contributed by atoms with Crippen molar-refractivity contribution in [2.45, 2.75) is 105 Å². The first-order valence-electron chi connectivity index (χ1n) is 14.1. The number of hydrogen-bond donors (Lipinski definition) is 0. The maximum Gasteiger partial charge on any atom is 0.305 e. The van der Waals surface area contributed by atoms with E-state index in [0.717, 1.165) is 50.5 Å². The summed E-state index contributed by atoms with van der Waals surface area (Å²) in [5.74, 6) is 2.24. The van der Waals surface area contributed by atoms with E-state index in [-0.39, 0.29) is 40.7 Å². The second-order valence-electron chi connectivity index (χ2n) is 12.5. The van der Waals surface area contributed by atoms with E-state index in [1.54, 1.807) is 0 Å². The van der Waals surface area contributed by atoms with Crippen molar-refractivity contribution in [1.29, 1.82) is 0 Å². The molecule has 4 rings (SSSR count). The molecule has 0 heterocycles. The highest BCUT2D eigenvalue weighted by Gasteiger charge is 2.64. The molecule has 0 saturated heterocycles. The Hall–Kier alpha value is -1.65. The summed E-state index contributed by atoms with van der Waals surface area (Å²) in [5.41, 5.74) is 1.24. The van der Waals surface area contributed by atoms with Crippen LogP contribution in [0.2, 0.25) is 0 Å². The minimum atomic E-state index is -0.132. The minimum absolute atomic E-state index is 0.0693. The highest BCUT2D eigenvalue weighted by molar-refractivity contribution is 5.99. The number of ether oxygens (including phenoxy) is 2. The first-order valence-corrected chi connectivity index (χ1v) is 14.1. The van der Waals surface area contributed by atoms with Gasteiger partial charge in [0.2, 0.25) is 0 Å². The fourth-order valence-electron chi connectivity index (χ4n) is 9.18. The number of fused-ring (bicyclic) bond motifs is 5. The highest BCUT2D eigenvalue weighted by Crippen LogP contribution is 2.68. The van der Waals surface area contributed by atoms with Gasteiger partial charge in [-0.15, -0.1) is 0 Å². The first kappa shape index (κ1) is 26.4. The van der Waals surface area contributed by atoms with Gasteiger partial charge >= 0.3 is 11.9 Å². The summed E-state index contributed by atoms with van der Waals surface area (Å²) < 4.78 is 10.6. The molecule has 0 N–H and O–H groups in total. The third-order valence-corrected chi connectivity index (χ3v) is 11.1. The molecular formula is C30H46O5. The van der Waals surface area contributed by atoms with Gasteiger partial charge in [-0.05, 0) is 104 Å². The fraction of sp³-hybridized carbons (Fsp3) is 0.833. The molecule has 196 valence electrons. The monoisotopic (exact) mass is 486 g/mol. The van der Waals surface area contributed by atoms with Crippen LogP contribution in [0.5, 0.6) is 0 Å². The van der Waals surface area contributed by atoms with E-state index in [9.17, 15) is 14.4 Å². The number of carbonyl (C=O) groups excluding carboxylic acids is 3. The van der Waals surface area contributed by atoms with Crippen molar-refractivity contribution in [3.05, 3.63) is 11.6 Å². The lowest BCUT2D eigenvalue weighted by Gasteiger charge is -2.61. The van der Waals surface area contributed by atoms with Crippen LogP contribution >= 0.6 is 0 Å². The Kier molecular flexibility index (Phi) is 7.56. The van der Waals surface area contributed by atoms with Crippen molar-refractivity contribution in [2.75, 3.05) is 7.11 Å². The van der Waals surface area contributed by atoms with Crippen molar-refractivity contribution in [3.8, 4) is 0 Å². The van der Waals surface area contributed by atoms with Gasteiger partial charge in [0.1, 0.15) is 6.10 Å². The molecule has 35 heavy (non-hydrogen) atoms. The Morgan fingerprint density at radius 2 is 1.74 bits per heavy atom. The third-order valence-electron chi connectivity index (χ3n) is 11.1. The first-order chi connectivity index (χ1) is 16.6. The smallest absolute Gasteiger partial charge is 0.305 e. The number of methoxy groups -OCH3 is 1. The Balaban J connectivity index is 1.57. The number of rotatable bonds is 6. The average molecular weight is 487 g/mol. The average Bonchev–Trinajstić information content (AvgIpc) is 3.20. The molecule has 0 aliphatic heterocycles. The SMILES string of the molecule is C/C=C1\C(=O)C2C(CCC3(C)C2CCC3[C@H](C)CCC(=O)OC)C2(C)CC[C@@H](OC(=O)CC)CC12. The van der Waals surface area contributed by atoms with Gasteiger partial charge in [-0.3, -0.25) is 14.4 Å². The number of carbonyl (C=O) groups is 3. The zero-order chi connectivity index (χ0) is 25.5. The molecule has 0 aromatic carbocycles. The minimum Gasteiger partial charge on any atom is -0.469 e. The van der Waals surface area contributed by atoms with Gasteiger partial charge in [-0.2, -0.15) is 0 Å². The molecule has 4 aliphatic carbocycles. The fourth-order valence-corrected chi connectivity index (χ4v) is 9.18. The number of esters is 2. The Morgan fingerprint density at radius 1 is 1.06 bits per heavy atom. The van der Waals surface area contributed by atoms with Crippen LogP contribution in [0.25, 0.3) is 0 Å². The third kappa shape index (κ3) is 4.39. The van der Waals surface area contributed by atoms with Crippen LogP contribution in [0.1, 0.15) is 98.8 Å². The standard InChI is InChI=1S/C30H46O5/c1-7-20-24-17-19(35-25(31)8-2)13-15-30(24,5)23-14-16-29(4)21(18(3)9-12-26(32)34-6)10-11-22(29)27(23)28(20)33/h7,18-19,21-24,27H,8-17H2,1-6H3/b20-7-/t18-,19-,21?,22?,23?,24?,27?,29?,30?/m1/s1. The maximum atomic E-state index is 14.2. The Bertz CT molecular complexity index is 876. The van der Waals surface area contributed by atoms with E-state index < -0.39 is 0 Å². The van der Waals surface area contributed by atoms with E-state index in [1.807, 2.05) is 13.8 Å². The van der Waals surface area contributed by atoms with Crippen molar-refractivity contribution < 1.29 is 23.9 Å². The molecule has 4 saturated carbocycles.